The van der Waals surface area contributed by atoms with E-state index >= 15 is 0 Å². The third kappa shape index (κ3) is 2.50. The molecule has 1 heterocycles. The van der Waals surface area contributed by atoms with E-state index in [0.717, 1.165) is 18.4 Å². The molecule has 3 aromatic rings. The fourth-order valence-corrected chi connectivity index (χ4v) is 2.91. The first-order chi connectivity index (χ1) is 10.7. The maximum absolute atomic E-state index is 12.4. The summed E-state index contributed by atoms with van der Waals surface area (Å²) in [6.45, 7) is 2.07. The Kier molecular flexibility index (Phi) is 3.96. The molecule has 0 bridgehead atoms. The zero-order chi connectivity index (χ0) is 15.5. The molecule has 0 amide bonds. The Balaban J connectivity index is 2.24. The summed E-state index contributed by atoms with van der Waals surface area (Å²) in [6, 6.07) is 16.9. The first-order valence-corrected chi connectivity index (χ1v) is 7.52. The van der Waals surface area contributed by atoms with Gasteiger partial charge in [0.2, 0.25) is 0 Å². The van der Waals surface area contributed by atoms with Crippen molar-refractivity contribution in [1.82, 2.24) is 0 Å². The van der Waals surface area contributed by atoms with Gasteiger partial charge in [-0.1, -0.05) is 55.8 Å². The van der Waals surface area contributed by atoms with E-state index in [1.165, 1.54) is 0 Å². The highest BCUT2D eigenvalue weighted by Gasteiger charge is 2.23. The molecule has 0 aliphatic rings. The minimum absolute atomic E-state index is 0.0363. The molecule has 3 heteroatoms. The second-order valence-electron chi connectivity index (χ2n) is 5.40. The number of benzene rings is 2. The number of fused-ring (bicyclic) bond motifs is 1. The third-order valence-electron chi connectivity index (χ3n) is 3.95. The average molecular weight is 294 g/mol. The van der Waals surface area contributed by atoms with Gasteiger partial charge in [-0.05, 0) is 24.1 Å². The lowest BCUT2D eigenvalue weighted by molar-refractivity contribution is 0.448. The van der Waals surface area contributed by atoms with Crippen LogP contribution < -0.4 is 5.63 Å². The van der Waals surface area contributed by atoms with Crippen molar-refractivity contribution in [2.75, 3.05) is 0 Å². The Morgan fingerprint density at radius 2 is 1.73 bits per heavy atom. The summed E-state index contributed by atoms with van der Waals surface area (Å²) in [6.07, 6.45) is 1.69. The Labute approximate surface area is 128 Å². The average Bonchev–Trinajstić information content (AvgIpc) is 2.55. The molecule has 3 nitrogen and oxygen atoms in total. The van der Waals surface area contributed by atoms with Crippen molar-refractivity contribution in [2.24, 2.45) is 0 Å². The van der Waals surface area contributed by atoms with Crippen LogP contribution >= 0.6 is 0 Å². The van der Waals surface area contributed by atoms with E-state index in [4.69, 9.17) is 4.42 Å². The smallest absolute Gasteiger partial charge is 0.343 e. The summed E-state index contributed by atoms with van der Waals surface area (Å²) in [5.74, 6) is -0.124. The van der Waals surface area contributed by atoms with E-state index in [2.05, 4.69) is 6.92 Å². The van der Waals surface area contributed by atoms with Crippen molar-refractivity contribution in [3.63, 3.8) is 0 Å². The van der Waals surface area contributed by atoms with Crippen LogP contribution in [0.4, 0.5) is 0 Å². The predicted molar refractivity (Wildman–Crippen MR) is 87.3 cm³/mol. The van der Waals surface area contributed by atoms with Gasteiger partial charge >= 0.3 is 5.63 Å². The topological polar surface area (TPSA) is 50.4 Å². The van der Waals surface area contributed by atoms with Crippen LogP contribution in [0.3, 0.4) is 0 Å². The molecule has 0 aliphatic heterocycles. The van der Waals surface area contributed by atoms with Crippen LogP contribution in [0.5, 0.6) is 5.75 Å². The Morgan fingerprint density at radius 1 is 1.05 bits per heavy atom. The number of para-hydroxylation sites is 1. The highest BCUT2D eigenvalue weighted by Crippen LogP contribution is 2.36. The summed E-state index contributed by atoms with van der Waals surface area (Å²) in [5.41, 5.74) is 1.32. The fourth-order valence-electron chi connectivity index (χ4n) is 2.91. The first kappa shape index (κ1) is 14.4. The fraction of sp³-hybridized carbons (Fsp3) is 0.211. The molecule has 0 fully saturated rings. The normalized spacial score (nSPS) is 12.4. The van der Waals surface area contributed by atoms with E-state index in [1.54, 1.807) is 18.2 Å². The quantitative estimate of drug-likeness (QED) is 0.724. The summed E-state index contributed by atoms with van der Waals surface area (Å²) < 4.78 is 5.41. The van der Waals surface area contributed by atoms with Crippen LogP contribution in [-0.2, 0) is 0 Å². The molecule has 0 saturated carbocycles. The van der Waals surface area contributed by atoms with E-state index in [-0.39, 0.29) is 11.7 Å². The van der Waals surface area contributed by atoms with E-state index < -0.39 is 5.63 Å². The lowest BCUT2D eigenvalue weighted by atomic mass is 9.87. The van der Waals surface area contributed by atoms with Gasteiger partial charge in [-0.2, -0.15) is 0 Å². The van der Waals surface area contributed by atoms with E-state index in [0.29, 0.717) is 16.5 Å². The largest absolute Gasteiger partial charge is 0.507 e. The molecule has 22 heavy (non-hydrogen) atoms. The summed E-state index contributed by atoms with van der Waals surface area (Å²) in [5, 5.41) is 11.2. The predicted octanol–water partition coefficient (Wildman–Crippen LogP) is 4.43. The van der Waals surface area contributed by atoms with Crippen LogP contribution in [0.2, 0.25) is 0 Å². The zero-order valence-electron chi connectivity index (χ0n) is 12.5. The van der Waals surface area contributed by atoms with Gasteiger partial charge in [-0.25, -0.2) is 4.79 Å². The van der Waals surface area contributed by atoms with Crippen molar-refractivity contribution < 1.29 is 9.52 Å². The van der Waals surface area contributed by atoms with Crippen molar-refractivity contribution in [2.45, 2.75) is 25.7 Å². The minimum atomic E-state index is -0.460. The highest BCUT2D eigenvalue weighted by molar-refractivity contribution is 5.84. The zero-order valence-corrected chi connectivity index (χ0v) is 12.5. The van der Waals surface area contributed by atoms with Gasteiger partial charge in [0.1, 0.15) is 11.3 Å². The van der Waals surface area contributed by atoms with Crippen LogP contribution in [0, 0.1) is 0 Å². The molecule has 1 N–H and O–H groups in total. The second-order valence-corrected chi connectivity index (χ2v) is 5.40. The van der Waals surface area contributed by atoms with Crippen molar-refractivity contribution in [1.29, 1.82) is 0 Å². The van der Waals surface area contributed by atoms with Crippen LogP contribution in [0.15, 0.2) is 63.8 Å². The Bertz CT molecular complexity index is 834. The Morgan fingerprint density at radius 3 is 2.45 bits per heavy atom. The molecule has 1 aromatic heterocycles. The lowest BCUT2D eigenvalue weighted by Gasteiger charge is -2.17. The molecule has 0 aliphatic carbocycles. The maximum atomic E-state index is 12.4. The third-order valence-corrected chi connectivity index (χ3v) is 3.95. The van der Waals surface area contributed by atoms with Crippen LogP contribution in [-0.4, -0.2) is 5.11 Å². The molecule has 112 valence electrons. The number of rotatable bonds is 4. The van der Waals surface area contributed by atoms with Gasteiger partial charge in [0.05, 0.1) is 10.9 Å². The van der Waals surface area contributed by atoms with Gasteiger partial charge in [0, 0.05) is 5.92 Å². The minimum Gasteiger partial charge on any atom is -0.507 e. The van der Waals surface area contributed by atoms with Crippen LogP contribution in [0.1, 0.15) is 36.8 Å². The summed E-state index contributed by atoms with van der Waals surface area (Å²) >= 11 is 0. The number of hydrogen-bond acceptors (Lipinski definition) is 3. The molecule has 0 unspecified atom stereocenters. The standard InChI is InChI=1S/C19H18O3/c1-2-8-14(13-9-4-3-5-10-13)17-18(20)15-11-6-7-12-16(15)22-19(17)21/h3-7,9-12,14,20H,2,8H2,1H3/t14-/m1/s1. The first-order valence-electron chi connectivity index (χ1n) is 7.52. The van der Waals surface area contributed by atoms with E-state index in [1.807, 2.05) is 36.4 Å². The van der Waals surface area contributed by atoms with Gasteiger partial charge in [0.15, 0.2) is 0 Å². The Hall–Kier alpha value is -2.55. The SMILES string of the molecule is CCC[C@H](c1ccccc1)c1c(O)c2ccccc2oc1=O. The summed E-state index contributed by atoms with van der Waals surface area (Å²) in [7, 11) is 0. The molecule has 0 radical (unpaired) electrons. The van der Waals surface area contributed by atoms with Crippen molar-refractivity contribution in [3.05, 3.63) is 76.1 Å². The van der Waals surface area contributed by atoms with Crippen LogP contribution in [0.25, 0.3) is 11.0 Å². The van der Waals surface area contributed by atoms with Gasteiger partial charge in [-0.15, -0.1) is 0 Å². The maximum Gasteiger partial charge on any atom is 0.343 e. The molecule has 0 spiro atoms. The molecule has 1 atom stereocenters. The molecule has 2 aromatic carbocycles. The second kappa shape index (κ2) is 6.06. The van der Waals surface area contributed by atoms with E-state index in [9.17, 15) is 9.90 Å². The molecular weight excluding hydrogens is 276 g/mol. The number of hydrogen-bond donors (Lipinski definition) is 1. The van der Waals surface area contributed by atoms with Gasteiger partial charge in [0.25, 0.3) is 0 Å². The van der Waals surface area contributed by atoms with Gasteiger partial charge < -0.3 is 9.52 Å². The monoisotopic (exact) mass is 294 g/mol. The number of aromatic hydroxyl groups is 1. The summed E-state index contributed by atoms with van der Waals surface area (Å²) in [4.78, 5) is 12.4. The highest BCUT2D eigenvalue weighted by atomic mass is 16.4. The molecule has 3 rings (SSSR count). The van der Waals surface area contributed by atoms with Crippen molar-refractivity contribution in [3.8, 4) is 5.75 Å². The van der Waals surface area contributed by atoms with Gasteiger partial charge in [-0.3, -0.25) is 0 Å². The van der Waals surface area contributed by atoms with Crippen molar-refractivity contribution >= 4 is 11.0 Å². The molecule has 0 saturated heterocycles. The lowest BCUT2D eigenvalue weighted by Crippen LogP contribution is -2.14. The molecular formula is C19H18O3.